The summed E-state index contributed by atoms with van der Waals surface area (Å²) in [5, 5.41) is 14.2. The standard InChI is InChI=1S/C19H28N2O2.2C2HF3O2/c1-2-17(13-20-7-1)18-12-19(23-15-18)5-8-21(9-6-19)14-16-3-10-22-11-4-16;2*3-2(4,5)1(6)7/h1-2,7,13,16,18H,3-6,8-12,14-15H2;2*(H,6,7). The fourth-order valence-electron chi connectivity index (χ4n) is 4.46. The molecule has 0 aromatic carbocycles. The summed E-state index contributed by atoms with van der Waals surface area (Å²) >= 11 is 0. The molecule has 4 rings (SSSR count). The number of likely N-dealkylation sites (tertiary alicyclic amines) is 1. The molecule has 0 bridgehead atoms. The molecule has 14 heteroatoms. The van der Waals surface area contributed by atoms with E-state index in [4.69, 9.17) is 29.3 Å². The van der Waals surface area contributed by atoms with Gasteiger partial charge < -0.3 is 24.6 Å². The number of aliphatic carboxylic acids is 2. The van der Waals surface area contributed by atoms with E-state index in [0.717, 1.165) is 25.7 Å². The van der Waals surface area contributed by atoms with Gasteiger partial charge >= 0.3 is 24.3 Å². The van der Waals surface area contributed by atoms with Crippen LogP contribution < -0.4 is 0 Å². The average Bonchev–Trinajstić information content (AvgIpc) is 3.25. The predicted octanol–water partition coefficient (Wildman–Crippen LogP) is 4.11. The number of hydrogen-bond donors (Lipinski definition) is 2. The Bertz CT molecular complexity index is 830. The van der Waals surface area contributed by atoms with Crippen LogP contribution >= 0.6 is 0 Å². The van der Waals surface area contributed by atoms with Crippen molar-refractivity contribution in [3.63, 3.8) is 0 Å². The Hall–Kier alpha value is -2.45. The van der Waals surface area contributed by atoms with E-state index in [0.29, 0.717) is 5.92 Å². The first-order chi connectivity index (χ1) is 17.2. The topological polar surface area (TPSA) is 109 Å². The normalized spacial score (nSPS) is 22.4. The van der Waals surface area contributed by atoms with Crippen LogP contribution in [0.4, 0.5) is 26.3 Å². The molecule has 8 nitrogen and oxygen atoms in total. The van der Waals surface area contributed by atoms with Gasteiger partial charge in [0.2, 0.25) is 0 Å². The number of alkyl halides is 6. The lowest BCUT2D eigenvalue weighted by Crippen LogP contribution is -2.46. The van der Waals surface area contributed by atoms with E-state index in [9.17, 15) is 26.3 Å². The molecule has 3 fully saturated rings. The van der Waals surface area contributed by atoms with Crippen molar-refractivity contribution in [2.75, 3.05) is 39.5 Å². The lowest BCUT2D eigenvalue weighted by molar-refractivity contribution is -0.193. The average molecular weight is 544 g/mol. The quantitative estimate of drug-likeness (QED) is 0.548. The van der Waals surface area contributed by atoms with Crippen molar-refractivity contribution in [3.8, 4) is 0 Å². The van der Waals surface area contributed by atoms with Crippen molar-refractivity contribution in [2.24, 2.45) is 5.92 Å². The summed E-state index contributed by atoms with van der Waals surface area (Å²) in [6.07, 6.45) is -0.288. The van der Waals surface area contributed by atoms with Crippen molar-refractivity contribution < 1.29 is 55.6 Å². The number of nitrogens with zero attached hydrogens (tertiary/aromatic N) is 2. The number of aromatic nitrogens is 1. The van der Waals surface area contributed by atoms with E-state index in [2.05, 4.69) is 16.0 Å². The first-order valence-corrected chi connectivity index (χ1v) is 11.7. The van der Waals surface area contributed by atoms with Crippen LogP contribution in [0.5, 0.6) is 0 Å². The zero-order valence-corrected chi connectivity index (χ0v) is 19.9. The fourth-order valence-corrected chi connectivity index (χ4v) is 4.46. The van der Waals surface area contributed by atoms with Gasteiger partial charge in [-0.1, -0.05) is 6.07 Å². The Morgan fingerprint density at radius 3 is 2.03 bits per heavy atom. The molecule has 37 heavy (non-hydrogen) atoms. The van der Waals surface area contributed by atoms with Crippen LogP contribution in [-0.4, -0.2) is 89.4 Å². The van der Waals surface area contributed by atoms with Gasteiger partial charge in [0.05, 0.1) is 12.2 Å². The van der Waals surface area contributed by atoms with Crippen molar-refractivity contribution in [1.29, 1.82) is 0 Å². The molecule has 210 valence electrons. The molecule has 3 aliphatic rings. The number of halogens is 6. The molecule has 1 spiro atoms. The van der Waals surface area contributed by atoms with E-state index < -0.39 is 24.3 Å². The monoisotopic (exact) mass is 544 g/mol. The largest absolute Gasteiger partial charge is 0.490 e. The zero-order valence-electron chi connectivity index (χ0n) is 19.9. The third-order valence-electron chi connectivity index (χ3n) is 6.47. The van der Waals surface area contributed by atoms with Crippen LogP contribution in [-0.2, 0) is 19.1 Å². The number of piperidine rings is 1. The molecule has 3 saturated heterocycles. The minimum absolute atomic E-state index is 0.132. The molecule has 1 atom stereocenters. The van der Waals surface area contributed by atoms with E-state index >= 15 is 0 Å². The van der Waals surface area contributed by atoms with Gasteiger partial charge in [0.1, 0.15) is 0 Å². The second-order valence-corrected chi connectivity index (χ2v) is 9.14. The van der Waals surface area contributed by atoms with Crippen LogP contribution in [0, 0.1) is 5.92 Å². The van der Waals surface area contributed by atoms with Gasteiger partial charge in [-0.05, 0) is 49.7 Å². The van der Waals surface area contributed by atoms with Gasteiger partial charge in [-0.25, -0.2) is 9.59 Å². The highest BCUT2D eigenvalue weighted by atomic mass is 19.4. The second-order valence-electron chi connectivity index (χ2n) is 9.14. The Morgan fingerprint density at radius 2 is 1.57 bits per heavy atom. The highest BCUT2D eigenvalue weighted by molar-refractivity contribution is 5.73. The summed E-state index contributed by atoms with van der Waals surface area (Å²) in [7, 11) is 0. The first kappa shape index (κ1) is 30.8. The van der Waals surface area contributed by atoms with Crippen LogP contribution in [0.3, 0.4) is 0 Å². The van der Waals surface area contributed by atoms with Gasteiger partial charge in [0, 0.05) is 51.2 Å². The number of carboxylic acids is 2. The summed E-state index contributed by atoms with van der Waals surface area (Å²) in [4.78, 5) is 24.7. The molecule has 1 aromatic rings. The van der Waals surface area contributed by atoms with Crippen LogP contribution in [0.2, 0.25) is 0 Å². The minimum atomic E-state index is -5.08. The van der Waals surface area contributed by atoms with Gasteiger partial charge in [-0.15, -0.1) is 0 Å². The molecule has 0 amide bonds. The number of pyridine rings is 1. The second kappa shape index (κ2) is 13.4. The summed E-state index contributed by atoms with van der Waals surface area (Å²) in [6, 6.07) is 4.23. The van der Waals surface area contributed by atoms with Gasteiger partial charge in [-0.3, -0.25) is 4.98 Å². The highest BCUT2D eigenvalue weighted by Gasteiger charge is 2.43. The number of carboxylic acid groups (broad SMARTS) is 2. The predicted molar refractivity (Wildman–Crippen MR) is 117 cm³/mol. The molecule has 3 aliphatic heterocycles. The van der Waals surface area contributed by atoms with Crippen molar-refractivity contribution in [1.82, 2.24) is 9.88 Å². The molecule has 4 heterocycles. The zero-order chi connectivity index (χ0) is 27.7. The molecule has 2 N–H and O–H groups in total. The molecule has 0 radical (unpaired) electrons. The van der Waals surface area contributed by atoms with Crippen molar-refractivity contribution in [3.05, 3.63) is 30.1 Å². The first-order valence-electron chi connectivity index (χ1n) is 11.7. The lowest BCUT2D eigenvalue weighted by atomic mass is 9.83. The highest BCUT2D eigenvalue weighted by Crippen LogP contribution is 2.42. The molecular weight excluding hydrogens is 514 g/mol. The van der Waals surface area contributed by atoms with E-state index in [1.807, 2.05) is 18.5 Å². The van der Waals surface area contributed by atoms with Crippen LogP contribution in [0.15, 0.2) is 24.5 Å². The van der Waals surface area contributed by atoms with E-state index in [-0.39, 0.29) is 5.60 Å². The SMILES string of the molecule is O=C(O)C(F)(F)F.O=C(O)C(F)(F)F.c1cncc(C2COC3(CCN(CC4CCOCC4)CC3)C2)c1. The van der Waals surface area contributed by atoms with Crippen LogP contribution in [0.25, 0.3) is 0 Å². The maximum atomic E-state index is 10.6. The molecule has 1 aromatic heterocycles. The summed E-state index contributed by atoms with van der Waals surface area (Å²) in [5.41, 5.74) is 1.47. The van der Waals surface area contributed by atoms with E-state index in [1.165, 1.54) is 57.3 Å². The third-order valence-corrected chi connectivity index (χ3v) is 6.47. The molecule has 0 aliphatic carbocycles. The minimum Gasteiger partial charge on any atom is -0.475 e. The van der Waals surface area contributed by atoms with Gasteiger partial charge in [-0.2, -0.15) is 26.3 Å². The summed E-state index contributed by atoms with van der Waals surface area (Å²) in [6.45, 7) is 6.42. The fraction of sp³-hybridized carbons (Fsp3) is 0.696. The van der Waals surface area contributed by atoms with Crippen molar-refractivity contribution in [2.45, 2.75) is 56.0 Å². The number of ether oxygens (including phenoxy) is 2. The smallest absolute Gasteiger partial charge is 0.475 e. The number of rotatable bonds is 3. The van der Waals surface area contributed by atoms with E-state index in [1.54, 1.807) is 0 Å². The summed E-state index contributed by atoms with van der Waals surface area (Å²) in [5.74, 6) is -4.14. The summed E-state index contributed by atoms with van der Waals surface area (Å²) < 4.78 is 75.3. The van der Waals surface area contributed by atoms with Crippen molar-refractivity contribution >= 4 is 11.9 Å². The lowest BCUT2D eigenvalue weighted by Gasteiger charge is -2.40. The maximum Gasteiger partial charge on any atom is 0.490 e. The Kier molecular flexibility index (Phi) is 11.1. The van der Waals surface area contributed by atoms with Crippen LogP contribution in [0.1, 0.15) is 43.6 Å². The third kappa shape index (κ3) is 10.4. The number of carbonyl (C=O) groups is 2. The Morgan fingerprint density at radius 1 is 1.03 bits per heavy atom. The number of hydrogen-bond acceptors (Lipinski definition) is 6. The molecular formula is C23H30F6N2O6. The van der Waals surface area contributed by atoms with Gasteiger partial charge in [0.15, 0.2) is 0 Å². The molecule has 0 saturated carbocycles. The Balaban J connectivity index is 0.000000286. The maximum absolute atomic E-state index is 10.6. The molecule has 1 unspecified atom stereocenters. The van der Waals surface area contributed by atoms with Gasteiger partial charge in [0.25, 0.3) is 0 Å². The Labute approximate surface area is 209 Å².